The van der Waals surface area contributed by atoms with Gasteiger partial charge in [-0.3, -0.25) is 0 Å². The molecule has 98 valence electrons. The lowest BCUT2D eigenvalue weighted by molar-refractivity contribution is -0.0867. The summed E-state index contributed by atoms with van der Waals surface area (Å²) >= 11 is 0. The van der Waals surface area contributed by atoms with Crippen molar-refractivity contribution in [3.05, 3.63) is 35.2 Å². The van der Waals surface area contributed by atoms with Crippen molar-refractivity contribution in [3.63, 3.8) is 0 Å². The second kappa shape index (κ2) is 5.31. The van der Waals surface area contributed by atoms with E-state index in [9.17, 15) is 13.2 Å². The molecule has 1 heterocycles. The van der Waals surface area contributed by atoms with E-state index in [1.807, 2.05) is 0 Å². The maximum Gasteiger partial charge on any atom is 0.600 e. The summed E-state index contributed by atoms with van der Waals surface area (Å²) in [4.78, 5) is 0.553. The summed E-state index contributed by atoms with van der Waals surface area (Å²) in [6.07, 6.45) is 3.42. The monoisotopic (exact) mass is 273 g/mol. The molecule has 1 atom stereocenters. The number of hydrogen-bond acceptors (Lipinski definition) is 0. The molecule has 0 spiro atoms. The Hall–Kier alpha value is -1.03. The molecule has 1 aromatic heterocycles. The van der Waals surface area contributed by atoms with E-state index >= 15 is 0 Å². The van der Waals surface area contributed by atoms with Crippen LogP contribution in [-0.4, -0.2) is 0 Å². The molecule has 0 amide bonds. The molecule has 0 aliphatic heterocycles. The predicted molar refractivity (Wildman–Crippen MR) is 71.0 cm³/mol. The molecule has 0 saturated carbocycles. The van der Waals surface area contributed by atoms with E-state index < -0.39 is 16.0 Å². The minimum absolute atomic E-state index is 0.441. The molecular weight excluding hydrogens is 257 g/mol. The number of unbranched alkanes of at least 4 members (excludes halogenated alkanes) is 2. The molecule has 1 aromatic carbocycles. The highest BCUT2D eigenvalue weighted by Crippen LogP contribution is 2.51. The van der Waals surface area contributed by atoms with Crippen LogP contribution in [0.15, 0.2) is 30.3 Å². The normalized spacial score (nSPS) is 13.2. The highest BCUT2D eigenvalue weighted by Gasteiger charge is 2.47. The fourth-order valence-corrected chi connectivity index (χ4v) is 4.16. The van der Waals surface area contributed by atoms with E-state index in [1.54, 1.807) is 30.3 Å². The van der Waals surface area contributed by atoms with Gasteiger partial charge < -0.3 is 0 Å². The summed E-state index contributed by atoms with van der Waals surface area (Å²) in [6, 6.07) is 8.60. The van der Waals surface area contributed by atoms with Crippen LogP contribution in [0.5, 0.6) is 0 Å². The van der Waals surface area contributed by atoms with Crippen LogP contribution in [0.25, 0.3) is 10.1 Å². The van der Waals surface area contributed by atoms with Crippen molar-refractivity contribution in [1.82, 2.24) is 0 Å². The lowest BCUT2D eigenvalue weighted by Crippen LogP contribution is -1.98. The van der Waals surface area contributed by atoms with Crippen LogP contribution >= 0.6 is 10.5 Å². The van der Waals surface area contributed by atoms with Crippen LogP contribution in [0.3, 0.4) is 0 Å². The molecule has 0 aliphatic carbocycles. The van der Waals surface area contributed by atoms with Gasteiger partial charge in [-0.15, -0.1) is 13.2 Å². The second-order valence-corrected chi connectivity index (χ2v) is 6.40. The molecule has 0 saturated heterocycles. The minimum Gasteiger partial charge on any atom is -0.118 e. The van der Waals surface area contributed by atoms with Crippen molar-refractivity contribution >= 4 is 20.6 Å². The van der Waals surface area contributed by atoms with Gasteiger partial charge in [0, 0.05) is 17.9 Å². The fourth-order valence-electron chi connectivity index (χ4n) is 2.16. The first-order valence-corrected chi connectivity index (χ1v) is 7.37. The molecule has 0 aliphatic rings. The van der Waals surface area contributed by atoms with Crippen molar-refractivity contribution in [3.8, 4) is 0 Å². The van der Waals surface area contributed by atoms with Crippen LogP contribution < -0.4 is 0 Å². The third-order valence-electron chi connectivity index (χ3n) is 2.98. The third kappa shape index (κ3) is 2.69. The van der Waals surface area contributed by atoms with Gasteiger partial charge in [-0.1, -0.05) is 31.9 Å². The number of aryl methyl sites for hydroxylation is 1. The predicted octanol–water partition coefficient (Wildman–Crippen LogP) is 5.80. The average Bonchev–Trinajstić information content (AvgIpc) is 2.67. The Morgan fingerprint density at radius 2 is 1.83 bits per heavy atom. The lowest BCUT2D eigenvalue weighted by Gasteiger charge is -2.00. The van der Waals surface area contributed by atoms with Gasteiger partial charge in [-0.2, -0.15) is 0 Å². The van der Waals surface area contributed by atoms with Gasteiger partial charge in [0.15, 0.2) is 9.58 Å². The Morgan fingerprint density at radius 3 is 2.50 bits per heavy atom. The first kappa shape index (κ1) is 13.4. The Bertz CT molecular complexity index is 525. The average molecular weight is 273 g/mol. The SMILES string of the molecule is CCCCCc1cc2ccccc2[s+]1C(F)(F)F. The van der Waals surface area contributed by atoms with Gasteiger partial charge >= 0.3 is 5.51 Å². The zero-order chi connectivity index (χ0) is 13.2. The smallest absolute Gasteiger partial charge is 0.118 e. The third-order valence-corrected chi connectivity index (χ3v) is 5.10. The number of fused-ring (bicyclic) bond motifs is 1. The number of rotatable bonds is 4. The molecule has 0 fully saturated rings. The van der Waals surface area contributed by atoms with E-state index in [-0.39, 0.29) is 0 Å². The largest absolute Gasteiger partial charge is 0.600 e. The van der Waals surface area contributed by atoms with Crippen molar-refractivity contribution in [2.75, 3.05) is 0 Å². The molecule has 18 heavy (non-hydrogen) atoms. The molecule has 4 heteroatoms. The van der Waals surface area contributed by atoms with Gasteiger partial charge in [-0.05, 0) is 18.6 Å². The quantitative estimate of drug-likeness (QED) is 0.488. The van der Waals surface area contributed by atoms with Crippen LogP contribution in [0.4, 0.5) is 13.2 Å². The van der Waals surface area contributed by atoms with Crippen molar-refractivity contribution < 1.29 is 13.2 Å². The van der Waals surface area contributed by atoms with Crippen molar-refractivity contribution in [2.24, 2.45) is 0 Å². The van der Waals surface area contributed by atoms with Crippen LogP contribution in [0.2, 0.25) is 0 Å². The number of hydrogen-bond donors (Lipinski definition) is 0. The molecule has 0 radical (unpaired) electrons. The summed E-state index contributed by atoms with van der Waals surface area (Å²) in [6.45, 7) is 2.06. The molecule has 1 unspecified atom stereocenters. The number of alkyl halides is 3. The minimum atomic E-state index is -4.15. The number of benzene rings is 1. The Labute approximate surface area is 107 Å². The zero-order valence-corrected chi connectivity index (χ0v) is 11.1. The second-order valence-electron chi connectivity index (χ2n) is 4.36. The maximum absolute atomic E-state index is 13.2. The summed E-state index contributed by atoms with van der Waals surface area (Å²) in [5.74, 6) is 0. The van der Waals surface area contributed by atoms with Crippen LogP contribution in [0, 0.1) is 0 Å². The van der Waals surface area contributed by atoms with Crippen LogP contribution in [0.1, 0.15) is 31.1 Å². The number of halogens is 3. The van der Waals surface area contributed by atoms with Gasteiger partial charge in [-0.25, -0.2) is 0 Å². The zero-order valence-electron chi connectivity index (χ0n) is 10.3. The van der Waals surface area contributed by atoms with E-state index in [0.29, 0.717) is 16.0 Å². The molecule has 0 N–H and O–H groups in total. The van der Waals surface area contributed by atoms with Crippen LogP contribution in [-0.2, 0) is 11.9 Å². The van der Waals surface area contributed by atoms with E-state index in [0.717, 1.165) is 24.6 Å². The number of thiophene rings is 1. The first-order valence-electron chi connectivity index (χ1n) is 6.14. The molecule has 2 aromatic rings. The molecule has 0 bridgehead atoms. The Morgan fingerprint density at radius 1 is 1.11 bits per heavy atom. The standard InChI is InChI=1S/C14H16F3S/c1-2-3-4-8-12-10-11-7-5-6-9-13(11)18(12)14(15,16)17/h5-7,9-10H,2-4,8H2,1H3/q+1. The fraction of sp³-hybridized carbons (Fsp3) is 0.429. The summed E-state index contributed by atoms with van der Waals surface area (Å²) < 4.78 is 40.0. The summed E-state index contributed by atoms with van der Waals surface area (Å²) in [5.41, 5.74) is -4.15. The van der Waals surface area contributed by atoms with Gasteiger partial charge in [0.1, 0.15) is 0 Å². The topological polar surface area (TPSA) is 0 Å². The molecular formula is C14H16F3S+. The Kier molecular flexibility index (Phi) is 3.95. The maximum atomic E-state index is 13.2. The molecule has 0 nitrogen and oxygen atoms in total. The van der Waals surface area contributed by atoms with E-state index in [1.165, 1.54) is 0 Å². The van der Waals surface area contributed by atoms with Gasteiger partial charge in [0.2, 0.25) is 0 Å². The molecule has 2 rings (SSSR count). The van der Waals surface area contributed by atoms with Gasteiger partial charge in [0.25, 0.3) is 0 Å². The summed E-state index contributed by atoms with van der Waals surface area (Å²) in [5, 5.41) is 0.740. The van der Waals surface area contributed by atoms with E-state index in [4.69, 9.17) is 0 Å². The Balaban J connectivity index is 2.44. The lowest BCUT2D eigenvalue weighted by atomic mass is 10.1. The highest BCUT2D eigenvalue weighted by molar-refractivity contribution is 7.38. The van der Waals surface area contributed by atoms with E-state index in [2.05, 4.69) is 6.92 Å². The van der Waals surface area contributed by atoms with Gasteiger partial charge in [0.05, 0.1) is 10.5 Å². The van der Waals surface area contributed by atoms with Crippen molar-refractivity contribution in [1.29, 1.82) is 0 Å². The van der Waals surface area contributed by atoms with Crippen molar-refractivity contribution in [2.45, 2.75) is 38.1 Å². The first-order chi connectivity index (χ1) is 8.54. The summed E-state index contributed by atoms with van der Waals surface area (Å²) in [7, 11) is -1.70. The highest BCUT2D eigenvalue weighted by atomic mass is 32.2.